The van der Waals surface area contributed by atoms with Crippen LogP contribution in [0.25, 0.3) is 0 Å². The summed E-state index contributed by atoms with van der Waals surface area (Å²) in [5.74, 6) is 0.0592. The second-order valence-electron chi connectivity index (χ2n) is 4.99. The van der Waals surface area contributed by atoms with E-state index >= 15 is 0 Å². The molecule has 0 radical (unpaired) electrons. The maximum Gasteiger partial charge on any atom is 0.695 e. The predicted molar refractivity (Wildman–Crippen MR) is 119 cm³/mol. The first-order valence-electron chi connectivity index (χ1n) is 7.54. The van der Waals surface area contributed by atoms with Crippen molar-refractivity contribution in [3.8, 4) is 17.6 Å². The Bertz CT molecular complexity index is 953. The van der Waals surface area contributed by atoms with E-state index in [2.05, 4.69) is 37.9 Å². The van der Waals surface area contributed by atoms with Gasteiger partial charge in [0.1, 0.15) is 23.3 Å². The van der Waals surface area contributed by atoms with Crippen molar-refractivity contribution in [2.75, 3.05) is 19.1 Å². The molecule has 2 aromatic carbocycles. The van der Waals surface area contributed by atoms with Gasteiger partial charge in [-0.2, -0.15) is 5.26 Å². The van der Waals surface area contributed by atoms with Gasteiger partial charge in [-0.05, 0) is 81.6 Å². The molecular weight excluding hydrogens is 597 g/mol. The standard InChI is InChI=1S/C16H12BF2I2N5O2/c1-27-14-7-10(20)3-5-12(14)23-24-16(9-22)25-26(17(18)19)13-6-4-11(21)8-15(13)28-2/h3-8H,1-2H3/b24-23?,25-16+. The van der Waals surface area contributed by atoms with E-state index < -0.39 is 13.2 Å². The van der Waals surface area contributed by atoms with Crippen LogP contribution in [0.5, 0.6) is 11.5 Å². The van der Waals surface area contributed by atoms with E-state index in [1.165, 1.54) is 20.3 Å². The van der Waals surface area contributed by atoms with Crippen LogP contribution in [0.3, 0.4) is 0 Å². The van der Waals surface area contributed by atoms with Crippen molar-refractivity contribution in [3.05, 3.63) is 43.5 Å². The molecule has 0 unspecified atom stereocenters. The summed E-state index contributed by atoms with van der Waals surface area (Å²) in [6.07, 6.45) is 0. The maximum atomic E-state index is 13.6. The van der Waals surface area contributed by atoms with E-state index in [0.717, 1.165) is 7.14 Å². The van der Waals surface area contributed by atoms with Crippen LogP contribution in [-0.4, -0.2) is 27.5 Å². The molecule has 0 aliphatic rings. The molecule has 2 rings (SSSR count). The van der Waals surface area contributed by atoms with Crippen LogP contribution in [0, 0.1) is 18.5 Å². The van der Waals surface area contributed by atoms with Crippen molar-refractivity contribution in [3.63, 3.8) is 0 Å². The summed E-state index contributed by atoms with van der Waals surface area (Å²) in [5, 5.41) is 20.5. The largest absolute Gasteiger partial charge is 0.695 e. The van der Waals surface area contributed by atoms with E-state index in [9.17, 15) is 13.9 Å². The summed E-state index contributed by atoms with van der Waals surface area (Å²) in [4.78, 5) is 0.359. The number of amidine groups is 1. The molecule has 0 saturated heterocycles. The lowest BCUT2D eigenvalue weighted by atomic mass is 10.1. The number of ether oxygens (including phenoxy) is 2. The normalized spacial score (nSPS) is 11.2. The molecule has 12 heteroatoms. The lowest BCUT2D eigenvalue weighted by Crippen LogP contribution is -2.29. The number of hydrogen-bond acceptors (Lipinski definition) is 6. The highest BCUT2D eigenvalue weighted by molar-refractivity contribution is 14.1. The highest BCUT2D eigenvalue weighted by Gasteiger charge is 2.29. The van der Waals surface area contributed by atoms with Gasteiger partial charge in [0.25, 0.3) is 5.84 Å². The van der Waals surface area contributed by atoms with Gasteiger partial charge in [0.05, 0.1) is 19.9 Å². The topological polar surface area (TPSA) is 82.6 Å². The number of rotatable bonds is 6. The fourth-order valence-electron chi connectivity index (χ4n) is 2.05. The van der Waals surface area contributed by atoms with Crippen molar-refractivity contribution in [1.29, 1.82) is 5.26 Å². The van der Waals surface area contributed by atoms with Gasteiger partial charge in [-0.3, -0.25) is 8.63 Å². The highest BCUT2D eigenvalue weighted by Crippen LogP contribution is 2.32. The molecule has 0 amide bonds. The zero-order valence-electron chi connectivity index (χ0n) is 14.6. The first-order valence-corrected chi connectivity index (χ1v) is 9.70. The molecule has 2 aromatic rings. The number of benzene rings is 2. The van der Waals surface area contributed by atoms with Crippen molar-refractivity contribution in [2.24, 2.45) is 15.3 Å². The second kappa shape index (κ2) is 10.5. The van der Waals surface area contributed by atoms with E-state index in [1.807, 2.05) is 22.6 Å². The fourth-order valence-corrected chi connectivity index (χ4v) is 2.97. The van der Waals surface area contributed by atoms with Crippen molar-refractivity contribution in [2.45, 2.75) is 0 Å². The monoisotopic (exact) mass is 609 g/mol. The average molecular weight is 609 g/mol. The van der Waals surface area contributed by atoms with Crippen molar-refractivity contribution < 1.29 is 18.1 Å². The zero-order chi connectivity index (χ0) is 20.7. The lowest BCUT2D eigenvalue weighted by Gasteiger charge is -2.18. The molecule has 0 saturated carbocycles. The van der Waals surface area contributed by atoms with Crippen LogP contribution in [0.4, 0.5) is 20.0 Å². The summed E-state index contributed by atoms with van der Waals surface area (Å²) in [5.41, 5.74) is 0.328. The van der Waals surface area contributed by atoms with Gasteiger partial charge in [-0.25, -0.2) is 4.92 Å². The number of methoxy groups -OCH3 is 2. The Labute approximate surface area is 187 Å². The summed E-state index contributed by atoms with van der Waals surface area (Å²) < 4.78 is 39.2. The van der Waals surface area contributed by atoms with E-state index in [-0.39, 0.29) is 11.4 Å². The molecular formula is C16H12BF2I2N5O2. The number of nitrogens with zero attached hydrogens (tertiary/aromatic N) is 5. The fraction of sp³-hybridized carbons (Fsp3) is 0.125. The quantitative estimate of drug-likeness (QED) is 0.112. The minimum Gasteiger partial charge on any atom is -0.495 e. The average Bonchev–Trinajstić information content (AvgIpc) is 2.68. The summed E-state index contributed by atoms with van der Waals surface area (Å²) in [6, 6.07) is 11.4. The maximum absolute atomic E-state index is 13.6. The summed E-state index contributed by atoms with van der Waals surface area (Å²) >= 11 is 4.13. The first kappa shape index (κ1) is 22.3. The molecule has 0 fully saturated rings. The molecule has 0 atom stereocenters. The van der Waals surface area contributed by atoms with Gasteiger partial charge in [0, 0.05) is 7.14 Å². The Morgan fingerprint density at radius 1 is 1.07 bits per heavy atom. The van der Waals surface area contributed by atoms with Crippen LogP contribution in [0.2, 0.25) is 0 Å². The molecule has 0 aromatic heterocycles. The van der Waals surface area contributed by atoms with E-state index in [4.69, 9.17) is 9.47 Å². The minimum absolute atomic E-state index is 0.00675. The third-order valence-electron chi connectivity index (χ3n) is 3.27. The Kier molecular flexibility index (Phi) is 8.36. The molecule has 0 spiro atoms. The summed E-state index contributed by atoms with van der Waals surface area (Å²) in [6.45, 7) is 0. The zero-order valence-corrected chi connectivity index (χ0v) is 18.9. The molecule has 0 N–H and O–H groups in total. The molecule has 0 aliphatic heterocycles. The van der Waals surface area contributed by atoms with Gasteiger partial charge in [0.15, 0.2) is 0 Å². The van der Waals surface area contributed by atoms with E-state index in [0.29, 0.717) is 16.4 Å². The van der Waals surface area contributed by atoms with E-state index in [1.54, 1.807) is 36.4 Å². The number of halogens is 4. The lowest BCUT2D eigenvalue weighted by molar-refractivity contribution is 0.414. The highest BCUT2D eigenvalue weighted by atomic mass is 127. The molecule has 0 bridgehead atoms. The smallest absolute Gasteiger partial charge is 0.495 e. The SMILES string of the molecule is COc1cc(I)ccc1N=N/C(C#N)=N/N(B(F)F)c1ccc(I)cc1OC. The van der Waals surface area contributed by atoms with Crippen LogP contribution in [0.15, 0.2) is 51.7 Å². The Morgan fingerprint density at radius 3 is 2.25 bits per heavy atom. The number of hydrogen-bond donors (Lipinski definition) is 0. The van der Waals surface area contributed by atoms with Gasteiger partial charge >= 0.3 is 7.40 Å². The van der Waals surface area contributed by atoms with Gasteiger partial charge in [-0.1, -0.05) is 0 Å². The molecule has 28 heavy (non-hydrogen) atoms. The molecule has 7 nitrogen and oxygen atoms in total. The number of nitriles is 1. The first-order chi connectivity index (χ1) is 13.4. The number of azo groups is 1. The molecule has 144 valence electrons. The van der Waals surface area contributed by atoms with Gasteiger partial charge in [-0.15, -0.1) is 15.3 Å². The number of hydrazone groups is 1. The summed E-state index contributed by atoms with van der Waals surface area (Å²) in [7, 11) is -0.206. The minimum atomic E-state index is -3.03. The van der Waals surface area contributed by atoms with Crippen LogP contribution >= 0.6 is 45.2 Å². The predicted octanol–water partition coefficient (Wildman–Crippen LogP) is 5.26. The molecule has 0 heterocycles. The third kappa shape index (κ3) is 5.74. The van der Waals surface area contributed by atoms with Crippen LogP contribution in [-0.2, 0) is 0 Å². The number of anilines is 1. The van der Waals surface area contributed by atoms with Crippen molar-refractivity contribution >= 4 is 69.8 Å². The molecule has 0 aliphatic carbocycles. The van der Waals surface area contributed by atoms with Crippen molar-refractivity contribution in [1.82, 2.24) is 0 Å². The Balaban J connectivity index is 2.42. The Morgan fingerprint density at radius 2 is 1.68 bits per heavy atom. The second-order valence-corrected chi connectivity index (χ2v) is 7.48. The van der Waals surface area contributed by atoms with Gasteiger partial charge < -0.3 is 9.47 Å². The van der Waals surface area contributed by atoms with Crippen LogP contribution < -0.4 is 14.4 Å². The van der Waals surface area contributed by atoms with Gasteiger partial charge in [0.2, 0.25) is 0 Å². The third-order valence-corrected chi connectivity index (χ3v) is 4.61. The Hall–Kier alpha value is -2.02. The van der Waals surface area contributed by atoms with Crippen LogP contribution in [0.1, 0.15) is 0 Å².